The van der Waals surface area contributed by atoms with Crippen molar-refractivity contribution in [3.63, 3.8) is 0 Å². The number of nitrogens with zero attached hydrogens (tertiary/aromatic N) is 1. The van der Waals surface area contributed by atoms with Crippen molar-refractivity contribution in [2.45, 2.75) is 0 Å². The molecular formula is C18H13BrN2O. The maximum atomic E-state index is 12.0. The molecule has 0 aliphatic carbocycles. The molecule has 0 saturated carbocycles. The van der Waals surface area contributed by atoms with Crippen molar-refractivity contribution in [3.8, 4) is 6.07 Å². The van der Waals surface area contributed by atoms with E-state index >= 15 is 0 Å². The molecule has 0 heterocycles. The number of rotatable bonds is 4. The molecule has 3 nitrogen and oxygen atoms in total. The van der Waals surface area contributed by atoms with E-state index in [9.17, 15) is 4.79 Å². The Labute approximate surface area is 137 Å². The largest absolute Gasteiger partial charge is 0.321 e. The van der Waals surface area contributed by atoms with Gasteiger partial charge in [-0.15, -0.1) is 0 Å². The maximum Gasteiger partial charge on any atom is 0.266 e. The first kappa shape index (κ1) is 15.7. The molecule has 2 rings (SSSR count). The van der Waals surface area contributed by atoms with Gasteiger partial charge in [-0.05, 0) is 35.9 Å². The monoisotopic (exact) mass is 352 g/mol. The number of carbonyl (C=O) groups excluding carboxylic acids is 1. The lowest BCUT2D eigenvalue weighted by atomic mass is 10.2. The molecule has 108 valence electrons. The Morgan fingerprint density at radius 2 is 1.77 bits per heavy atom. The molecule has 0 bridgehead atoms. The Morgan fingerprint density at radius 3 is 2.41 bits per heavy atom. The van der Waals surface area contributed by atoms with Crippen LogP contribution in [0.5, 0.6) is 0 Å². The van der Waals surface area contributed by atoms with Gasteiger partial charge in [0.2, 0.25) is 0 Å². The summed E-state index contributed by atoms with van der Waals surface area (Å²) in [5, 5.41) is 11.8. The van der Waals surface area contributed by atoms with Crippen molar-refractivity contribution < 1.29 is 4.79 Å². The molecule has 0 spiro atoms. The highest BCUT2D eigenvalue weighted by Crippen LogP contribution is 2.14. The second kappa shape index (κ2) is 7.96. The van der Waals surface area contributed by atoms with E-state index < -0.39 is 5.91 Å². The number of hydrogen-bond donors (Lipinski definition) is 1. The third-order valence-corrected chi connectivity index (χ3v) is 3.35. The molecule has 0 aliphatic heterocycles. The first-order valence-corrected chi connectivity index (χ1v) is 7.39. The number of hydrogen-bond acceptors (Lipinski definition) is 2. The summed E-state index contributed by atoms with van der Waals surface area (Å²) < 4.78 is 0.923. The van der Waals surface area contributed by atoms with Gasteiger partial charge in [-0.1, -0.05) is 58.4 Å². The topological polar surface area (TPSA) is 52.9 Å². The van der Waals surface area contributed by atoms with Crippen molar-refractivity contribution >= 4 is 33.6 Å². The average molecular weight is 353 g/mol. The van der Waals surface area contributed by atoms with Gasteiger partial charge in [0.25, 0.3) is 5.91 Å². The van der Waals surface area contributed by atoms with E-state index in [1.807, 2.05) is 54.6 Å². The van der Waals surface area contributed by atoms with Crippen LogP contribution >= 0.6 is 15.9 Å². The van der Waals surface area contributed by atoms with Crippen LogP contribution in [0.4, 0.5) is 5.69 Å². The Balaban J connectivity index is 2.05. The van der Waals surface area contributed by atoms with E-state index in [1.165, 1.54) is 6.08 Å². The zero-order valence-corrected chi connectivity index (χ0v) is 13.2. The highest BCUT2D eigenvalue weighted by Gasteiger charge is 2.07. The van der Waals surface area contributed by atoms with Crippen LogP contribution in [0.25, 0.3) is 6.08 Å². The van der Waals surface area contributed by atoms with Crippen LogP contribution in [0, 0.1) is 11.3 Å². The fourth-order valence-electron chi connectivity index (χ4n) is 1.71. The summed E-state index contributed by atoms with van der Waals surface area (Å²) >= 11 is 3.33. The highest BCUT2D eigenvalue weighted by molar-refractivity contribution is 9.10. The minimum absolute atomic E-state index is 0.0510. The van der Waals surface area contributed by atoms with Gasteiger partial charge in [0.15, 0.2) is 0 Å². The van der Waals surface area contributed by atoms with Gasteiger partial charge in [0.05, 0.1) is 0 Å². The summed E-state index contributed by atoms with van der Waals surface area (Å²) in [6.45, 7) is 0. The lowest BCUT2D eigenvalue weighted by Crippen LogP contribution is -2.13. The minimum atomic E-state index is -0.428. The molecule has 0 saturated heterocycles. The molecule has 0 radical (unpaired) electrons. The SMILES string of the molecule is N#C/C(=C\C=C\c1ccccc1)C(=O)Nc1ccc(Br)cc1. The molecule has 4 heteroatoms. The van der Waals surface area contributed by atoms with Crippen LogP contribution in [0.2, 0.25) is 0 Å². The zero-order valence-electron chi connectivity index (χ0n) is 11.7. The van der Waals surface area contributed by atoms with Crippen molar-refractivity contribution in [1.82, 2.24) is 0 Å². The minimum Gasteiger partial charge on any atom is -0.321 e. The van der Waals surface area contributed by atoms with Crippen LogP contribution in [-0.2, 0) is 4.79 Å². The summed E-state index contributed by atoms with van der Waals surface area (Å²) in [4.78, 5) is 12.0. The summed E-state index contributed by atoms with van der Waals surface area (Å²) in [5.41, 5.74) is 1.70. The Bertz CT molecular complexity index is 741. The quantitative estimate of drug-likeness (QED) is 0.498. The van der Waals surface area contributed by atoms with Gasteiger partial charge in [-0.2, -0.15) is 5.26 Å². The molecule has 0 atom stereocenters. The zero-order chi connectivity index (χ0) is 15.8. The lowest BCUT2D eigenvalue weighted by Gasteiger charge is -2.03. The normalized spacial score (nSPS) is 11.2. The average Bonchev–Trinajstić information content (AvgIpc) is 2.54. The molecule has 22 heavy (non-hydrogen) atoms. The maximum absolute atomic E-state index is 12.0. The number of amides is 1. The van der Waals surface area contributed by atoms with Crippen LogP contribution < -0.4 is 5.32 Å². The summed E-state index contributed by atoms with van der Waals surface area (Å²) in [5.74, 6) is -0.428. The number of nitriles is 1. The first-order chi connectivity index (χ1) is 10.7. The fourth-order valence-corrected chi connectivity index (χ4v) is 1.98. The van der Waals surface area contributed by atoms with Crippen LogP contribution in [0.1, 0.15) is 5.56 Å². The molecule has 2 aromatic rings. The molecule has 0 aromatic heterocycles. The molecule has 2 aromatic carbocycles. The van der Waals surface area contributed by atoms with Gasteiger partial charge in [-0.25, -0.2) is 0 Å². The van der Waals surface area contributed by atoms with E-state index in [-0.39, 0.29) is 5.57 Å². The van der Waals surface area contributed by atoms with Gasteiger partial charge < -0.3 is 5.32 Å². The predicted octanol–water partition coefficient (Wildman–Crippen LogP) is 4.55. The second-order valence-corrected chi connectivity index (χ2v) is 5.34. The number of allylic oxidation sites excluding steroid dienone is 2. The summed E-state index contributed by atoms with van der Waals surface area (Å²) in [6.07, 6.45) is 5.03. The van der Waals surface area contributed by atoms with E-state index in [0.717, 1.165) is 10.0 Å². The van der Waals surface area contributed by atoms with Gasteiger partial charge >= 0.3 is 0 Å². The number of benzene rings is 2. The Kier molecular flexibility index (Phi) is 5.70. The predicted molar refractivity (Wildman–Crippen MR) is 91.9 cm³/mol. The standard InChI is InChI=1S/C18H13BrN2O/c19-16-9-11-17(12-10-16)21-18(22)15(13-20)8-4-7-14-5-2-1-3-6-14/h1-12H,(H,21,22)/b7-4+,15-8+. The highest BCUT2D eigenvalue weighted by atomic mass is 79.9. The molecule has 0 unspecified atom stereocenters. The Hall–Kier alpha value is -2.64. The first-order valence-electron chi connectivity index (χ1n) is 6.59. The van der Waals surface area contributed by atoms with E-state index in [0.29, 0.717) is 5.69 Å². The molecule has 1 N–H and O–H groups in total. The number of nitrogens with one attached hydrogen (secondary N) is 1. The Morgan fingerprint density at radius 1 is 1.09 bits per heavy atom. The fraction of sp³-hybridized carbons (Fsp3) is 0. The van der Waals surface area contributed by atoms with Crippen molar-refractivity contribution in [2.24, 2.45) is 0 Å². The summed E-state index contributed by atoms with van der Waals surface area (Å²) in [6, 6.07) is 18.7. The number of carbonyl (C=O) groups is 1. The number of halogens is 1. The second-order valence-electron chi connectivity index (χ2n) is 4.42. The van der Waals surface area contributed by atoms with Gasteiger partial charge in [0, 0.05) is 10.2 Å². The number of anilines is 1. The van der Waals surface area contributed by atoms with Crippen molar-refractivity contribution in [2.75, 3.05) is 5.32 Å². The molecule has 0 aliphatic rings. The lowest BCUT2D eigenvalue weighted by molar-refractivity contribution is -0.112. The van der Waals surface area contributed by atoms with Crippen molar-refractivity contribution in [1.29, 1.82) is 5.26 Å². The van der Waals surface area contributed by atoms with Crippen LogP contribution in [0.15, 0.2) is 76.8 Å². The third-order valence-electron chi connectivity index (χ3n) is 2.82. The van der Waals surface area contributed by atoms with Gasteiger partial charge in [0.1, 0.15) is 11.6 Å². The molecular weight excluding hydrogens is 340 g/mol. The van der Waals surface area contributed by atoms with Gasteiger partial charge in [-0.3, -0.25) is 4.79 Å². The van der Waals surface area contributed by atoms with Crippen molar-refractivity contribution in [3.05, 3.63) is 82.4 Å². The van der Waals surface area contributed by atoms with E-state index in [1.54, 1.807) is 18.2 Å². The van der Waals surface area contributed by atoms with E-state index in [2.05, 4.69) is 21.2 Å². The molecule has 0 fully saturated rings. The molecule has 1 amide bonds. The summed E-state index contributed by atoms with van der Waals surface area (Å²) in [7, 11) is 0. The third kappa shape index (κ3) is 4.72. The van der Waals surface area contributed by atoms with Crippen LogP contribution in [0.3, 0.4) is 0 Å². The van der Waals surface area contributed by atoms with E-state index in [4.69, 9.17) is 5.26 Å². The smallest absolute Gasteiger partial charge is 0.266 e. The van der Waals surface area contributed by atoms with Crippen LogP contribution in [-0.4, -0.2) is 5.91 Å².